The summed E-state index contributed by atoms with van der Waals surface area (Å²) >= 11 is 11.8. The van der Waals surface area contributed by atoms with Crippen LogP contribution in [0.25, 0.3) is 0 Å². The van der Waals surface area contributed by atoms with Gasteiger partial charge in [0.25, 0.3) is 0 Å². The van der Waals surface area contributed by atoms with Crippen molar-refractivity contribution in [2.75, 3.05) is 18.1 Å². The van der Waals surface area contributed by atoms with Crippen LogP contribution < -0.4 is 0 Å². The minimum atomic E-state index is -3.82. The van der Waals surface area contributed by atoms with Gasteiger partial charge in [0, 0.05) is 12.6 Å². The zero-order valence-electron chi connectivity index (χ0n) is 12.7. The van der Waals surface area contributed by atoms with E-state index in [4.69, 9.17) is 23.2 Å². The summed E-state index contributed by atoms with van der Waals surface area (Å²) in [5, 5.41) is 0.427. The quantitative estimate of drug-likeness (QED) is 0.736. The molecule has 1 saturated heterocycles. The molecule has 0 radical (unpaired) electrons. The average Bonchev–Trinajstić information content (AvgIpc) is 2.82. The van der Waals surface area contributed by atoms with Crippen LogP contribution in [-0.4, -0.2) is 45.2 Å². The lowest BCUT2D eigenvalue weighted by Gasteiger charge is -2.27. The number of rotatable bonds is 6. The fourth-order valence-corrected chi connectivity index (χ4v) is 6.50. The van der Waals surface area contributed by atoms with Gasteiger partial charge in [-0.1, -0.05) is 36.5 Å². The van der Waals surface area contributed by atoms with Crippen LogP contribution in [0.4, 0.5) is 0 Å². The normalized spacial score (nSPS) is 21.0. The van der Waals surface area contributed by atoms with Gasteiger partial charge in [0.2, 0.25) is 10.0 Å². The Labute approximate surface area is 147 Å². The van der Waals surface area contributed by atoms with Gasteiger partial charge in [0.1, 0.15) is 0 Å². The molecule has 1 aliphatic heterocycles. The summed E-state index contributed by atoms with van der Waals surface area (Å²) in [6.07, 6.45) is 1.80. The van der Waals surface area contributed by atoms with E-state index in [1.54, 1.807) is 0 Å². The van der Waals surface area contributed by atoms with Gasteiger partial charge in [-0.2, -0.15) is 4.31 Å². The first kappa shape index (κ1) is 19.0. The van der Waals surface area contributed by atoms with Crippen molar-refractivity contribution in [1.29, 1.82) is 0 Å². The molecule has 0 aromatic heterocycles. The van der Waals surface area contributed by atoms with Crippen molar-refractivity contribution in [3.8, 4) is 0 Å². The Morgan fingerprint density at radius 1 is 1.26 bits per heavy atom. The van der Waals surface area contributed by atoms with E-state index >= 15 is 0 Å². The van der Waals surface area contributed by atoms with Gasteiger partial charge in [-0.3, -0.25) is 0 Å². The fourth-order valence-electron chi connectivity index (χ4n) is 2.59. The lowest BCUT2D eigenvalue weighted by Crippen LogP contribution is -2.41. The molecule has 0 amide bonds. The number of sulfone groups is 1. The summed E-state index contributed by atoms with van der Waals surface area (Å²) in [5.41, 5.74) is 0. The standard InChI is InChI=1S/C14H19Cl2NO4S2/c1-2-3-7-17(11-6-8-22(18,19)10-11)23(20,21)12-4-5-13(15)14(16)9-12/h4-5,9,11H,2-3,6-8,10H2,1H3/t11-/m0/s1. The zero-order valence-corrected chi connectivity index (χ0v) is 15.8. The first-order valence-electron chi connectivity index (χ1n) is 7.34. The van der Waals surface area contributed by atoms with E-state index in [2.05, 4.69) is 0 Å². The number of nitrogens with zero attached hydrogens (tertiary/aromatic N) is 1. The van der Waals surface area contributed by atoms with Crippen LogP contribution >= 0.6 is 23.2 Å². The number of hydrogen-bond donors (Lipinski definition) is 0. The molecule has 5 nitrogen and oxygen atoms in total. The fraction of sp³-hybridized carbons (Fsp3) is 0.571. The highest BCUT2D eigenvalue weighted by atomic mass is 35.5. The Hall–Kier alpha value is -0.340. The zero-order chi connectivity index (χ0) is 17.3. The Balaban J connectivity index is 2.38. The van der Waals surface area contributed by atoms with Gasteiger partial charge < -0.3 is 0 Å². The molecular formula is C14H19Cl2NO4S2. The maximum atomic E-state index is 12.9. The van der Waals surface area contributed by atoms with Gasteiger partial charge in [-0.05, 0) is 31.0 Å². The van der Waals surface area contributed by atoms with Crippen molar-refractivity contribution < 1.29 is 16.8 Å². The molecule has 1 aromatic carbocycles. The largest absolute Gasteiger partial charge is 0.243 e. The van der Waals surface area contributed by atoms with Crippen LogP contribution in [0.5, 0.6) is 0 Å². The predicted molar refractivity (Wildman–Crippen MR) is 92.3 cm³/mol. The minimum absolute atomic E-state index is 0.0250. The molecule has 1 fully saturated rings. The Morgan fingerprint density at radius 2 is 1.96 bits per heavy atom. The summed E-state index contributed by atoms with van der Waals surface area (Å²) in [6, 6.07) is 3.61. The third-order valence-corrected chi connectivity index (χ3v) is 8.28. The molecule has 1 heterocycles. The summed E-state index contributed by atoms with van der Waals surface area (Å²) in [6.45, 7) is 2.24. The van der Waals surface area contributed by atoms with Crippen molar-refractivity contribution in [3.63, 3.8) is 0 Å². The number of benzene rings is 1. The second-order valence-electron chi connectivity index (χ2n) is 5.60. The van der Waals surface area contributed by atoms with Gasteiger partial charge in [-0.15, -0.1) is 0 Å². The molecule has 1 aromatic rings. The number of hydrogen-bond acceptors (Lipinski definition) is 4. The predicted octanol–water partition coefficient (Wildman–Crippen LogP) is 2.97. The van der Waals surface area contributed by atoms with Crippen LogP contribution in [0.15, 0.2) is 23.1 Å². The smallest absolute Gasteiger partial charge is 0.229 e. The van der Waals surface area contributed by atoms with Gasteiger partial charge in [0.05, 0.1) is 26.4 Å². The van der Waals surface area contributed by atoms with Gasteiger partial charge in [-0.25, -0.2) is 16.8 Å². The van der Waals surface area contributed by atoms with Crippen molar-refractivity contribution in [2.24, 2.45) is 0 Å². The molecule has 0 aliphatic carbocycles. The van der Waals surface area contributed by atoms with Crippen molar-refractivity contribution in [3.05, 3.63) is 28.2 Å². The van der Waals surface area contributed by atoms with Crippen LogP contribution in [0, 0.1) is 0 Å². The molecule has 0 unspecified atom stereocenters. The van der Waals surface area contributed by atoms with Gasteiger partial charge >= 0.3 is 0 Å². The van der Waals surface area contributed by atoms with E-state index in [0.29, 0.717) is 19.4 Å². The maximum absolute atomic E-state index is 12.9. The van der Waals surface area contributed by atoms with Crippen molar-refractivity contribution in [1.82, 2.24) is 4.31 Å². The number of unbranched alkanes of at least 4 members (excludes halogenated alkanes) is 1. The monoisotopic (exact) mass is 399 g/mol. The maximum Gasteiger partial charge on any atom is 0.243 e. The number of sulfonamides is 1. The first-order valence-corrected chi connectivity index (χ1v) is 11.4. The van der Waals surface area contributed by atoms with Gasteiger partial charge in [0.15, 0.2) is 9.84 Å². The van der Waals surface area contributed by atoms with E-state index in [1.165, 1.54) is 22.5 Å². The van der Waals surface area contributed by atoms with E-state index in [0.717, 1.165) is 6.42 Å². The average molecular weight is 400 g/mol. The summed E-state index contributed by atoms with van der Waals surface area (Å²) in [4.78, 5) is 0.0345. The Morgan fingerprint density at radius 3 is 2.48 bits per heavy atom. The minimum Gasteiger partial charge on any atom is -0.229 e. The highest BCUT2D eigenvalue weighted by molar-refractivity contribution is 7.92. The molecule has 0 N–H and O–H groups in total. The first-order chi connectivity index (χ1) is 10.7. The molecule has 1 atom stereocenters. The molecular weight excluding hydrogens is 381 g/mol. The van der Waals surface area contributed by atoms with Crippen LogP contribution in [0.1, 0.15) is 26.2 Å². The molecule has 0 bridgehead atoms. The lowest BCUT2D eigenvalue weighted by atomic mass is 10.2. The molecule has 130 valence electrons. The summed E-state index contributed by atoms with van der Waals surface area (Å²) in [5.74, 6) is -0.103. The highest BCUT2D eigenvalue weighted by Crippen LogP contribution is 2.29. The molecule has 0 spiro atoms. The van der Waals surface area contributed by atoms with Crippen LogP contribution in [0.2, 0.25) is 10.0 Å². The highest BCUT2D eigenvalue weighted by Gasteiger charge is 2.38. The summed E-state index contributed by atoms with van der Waals surface area (Å²) in [7, 11) is -7.00. The third kappa shape index (κ3) is 4.39. The molecule has 9 heteroatoms. The third-order valence-electron chi connectivity index (χ3n) is 3.85. The van der Waals surface area contributed by atoms with E-state index in [-0.39, 0.29) is 26.4 Å². The van der Waals surface area contributed by atoms with Crippen LogP contribution in [-0.2, 0) is 19.9 Å². The second kappa shape index (κ2) is 7.27. The van der Waals surface area contributed by atoms with E-state index < -0.39 is 25.9 Å². The topological polar surface area (TPSA) is 71.5 Å². The van der Waals surface area contributed by atoms with E-state index in [9.17, 15) is 16.8 Å². The van der Waals surface area contributed by atoms with Crippen LogP contribution in [0.3, 0.4) is 0 Å². The summed E-state index contributed by atoms with van der Waals surface area (Å²) < 4.78 is 50.6. The number of halogens is 2. The SMILES string of the molecule is CCCCN([C@H]1CCS(=O)(=O)C1)S(=O)(=O)c1ccc(Cl)c(Cl)c1. The molecule has 1 aliphatic rings. The molecule has 23 heavy (non-hydrogen) atoms. The molecule has 2 rings (SSSR count). The van der Waals surface area contributed by atoms with E-state index in [1.807, 2.05) is 6.92 Å². The Kier molecular flexibility index (Phi) is 6.00. The Bertz CT molecular complexity index is 778. The molecule has 0 saturated carbocycles. The lowest BCUT2D eigenvalue weighted by molar-refractivity contribution is 0.335. The van der Waals surface area contributed by atoms with Crippen molar-refractivity contribution >= 4 is 43.1 Å². The second-order valence-corrected chi connectivity index (χ2v) is 10.5. The van der Waals surface area contributed by atoms with Crippen molar-refractivity contribution in [2.45, 2.75) is 37.1 Å².